The van der Waals surface area contributed by atoms with Gasteiger partial charge in [-0.15, -0.1) is 0 Å². The highest BCUT2D eigenvalue weighted by atomic mass is 16.5. The highest BCUT2D eigenvalue weighted by Gasteiger charge is 2.23. The van der Waals surface area contributed by atoms with Gasteiger partial charge in [-0.25, -0.2) is 4.79 Å². The summed E-state index contributed by atoms with van der Waals surface area (Å²) in [7, 11) is 0. The van der Waals surface area contributed by atoms with Crippen molar-refractivity contribution in [1.82, 2.24) is 0 Å². The molecule has 0 radical (unpaired) electrons. The molecule has 1 aromatic rings. The number of anilines is 1. The third kappa shape index (κ3) is 2.47. The molecule has 0 amide bonds. The minimum Gasteiger partial charge on any atom is -0.478 e. The van der Waals surface area contributed by atoms with E-state index < -0.39 is 5.97 Å². The molecule has 1 aliphatic rings. The van der Waals surface area contributed by atoms with Gasteiger partial charge in [0, 0.05) is 12.2 Å². The molecule has 0 aliphatic carbocycles. The van der Waals surface area contributed by atoms with E-state index in [1.165, 1.54) is 0 Å². The van der Waals surface area contributed by atoms with Crippen molar-refractivity contribution in [3.63, 3.8) is 0 Å². The van der Waals surface area contributed by atoms with Crippen LogP contribution >= 0.6 is 0 Å². The van der Waals surface area contributed by atoms with E-state index >= 15 is 0 Å². The molecule has 0 saturated carbocycles. The highest BCUT2D eigenvalue weighted by molar-refractivity contribution is 5.89. The van der Waals surface area contributed by atoms with Crippen molar-refractivity contribution in [3.05, 3.63) is 29.3 Å². The second kappa shape index (κ2) is 5.37. The number of carboxylic acid groups (broad SMARTS) is 1. The Morgan fingerprint density at radius 2 is 2.33 bits per heavy atom. The molecule has 5 heteroatoms. The quantitative estimate of drug-likeness (QED) is 0.835. The van der Waals surface area contributed by atoms with Crippen LogP contribution in [0.2, 0.25) is 0 Å². The van der Waals surface area contributed by atoms with Crippen LogP contribution in [0.1, 0.15) is 15.9 Å². The zero-order valence-corrected chi connectivity index (χ0v) is 10.3. The zero-order chi connectivity index (χ0) is 13.1. The molecule has 0 spiro atoms. The van der Waals surface area contributed by atoms with Gasteiger partial charge in [-0.05, 0) is 30.7 Å². The molecule has 1 aromatic carbocycles. The normalized spacial score (nSPS) is 19.9. The summed E-state index contributed by atoms with van der Waals surface area (Å²) in [4.78, 5) is 13.0. The Hall–Kier alpha value is -1.59. The Labute approximate surface area is 106 Å². The van der Waals surface area contributed by atoms with Gasteiger partial charge in [0.05, 0.1) is 31.4 Å². The predicted octanol–water partition coefficient (Wildman–Crippen LogP) is 0.891. The predicted molar refractivity (Wildman–Crippen MR) is 67.2 cm³/mol. The van der Waals surface area contributed by atoms with E-state index in [2.05, 4.69) is 4.90 Å². The Kier molecular flexibility index (Phi) is 3.84. The Bertz CT molecular complexity index is 447. The first-order valence-electron chi connectivity index (χ1n) is 5.92. The lowest BCUT2D eigenvalue weighted by Crippen LogP contribution is -2.47. The number of aliphatic hydroxyl groups excluding tert-OH is 1. The number of hydrogen-bond donors (Lipinski definition) is 2. The average Bonchev–Trinajstić information content (AvgIpc) is 2.38. The lowest BCUT2D eigenvalue weighted by atomic mass is 10.1. The van der Waals surface area contributed by atoms with Crippen molar-refractivity contribution in [2.75, 3.05) is 31.3 Å². The molecule has 2 rings (SSSR count). The number of ether oxygens (including phenoxy) is 1. The topological polar surface area (TPSA) is 70.0 Å². The third-order valence-electron chi connectivity index (χ3n) is 3.21. The van der Waals surface area contributed by atoms with Crippen LogP contribution in [0.25, 0.3) is 0 Å². The second-order valence-corrected chi connectivity index (χ2v) is 4.41. The van der Waals surface area contributed by atoms with E-state index in [4.69, 9.17) is 9.84 Å². The first-order valence-corrected chi connectivity index (χ1v) is 5.92. The molecular formula is C13H17NO4. The maximum Gasteiger partial charge on any atom is 0.335 e. The van der Waals surface area contributed by atoms with E-state index in [0.29, 0.717) is 25.3 Å². The summed E-state index contributed by atoms with van der Waals surface area (Å²) < 4.78 is 5.32. The van der Waals surface area contributed by atoms with Crippen molar-refractivity contribution in [1.29, 1.82) is 0 Å². The van der Waals surface area contributed by atoms with Crippen LogP contribution in [0.3, 0.4) is 0 Å². The number of hydrogen-bond acceptors (Lipinski definition) is 4. The fourth-order valence-corrected chi connectivity index (χ4v) is 2.21. The van der Waals surface area contributed by atoms with Crippen molar-refractivity contribution in [2.24, 2.45) is 0 Å². The van der Waals surface area contributed by atoms with Crippen molar-refractivity contribution in [2.45, 2.75) is 13.0 Å². The van der Waals surface area contributed by atoms with Crippen LogP contribution < -0.4 is 4.90 Å². The van der Waals surface area contributed by atoms with Gasteiger partial charge >= 0.3 is 5.97 Å². The molecule has 1 fully saturated rings. The monoisotopic (exact) mass is 251 g/mol. The minimum atomic E-state index is -0.917. The standard InChI is InChI=1S/C13H17NO4/c1-9-6-10(2-3-12(9)13(16)17)14-4-5-18-8-11(14)7-15/h2-3,6,11,15H,4-5,7-8H2,1H3,(H,16,17). The first-order chi connectivity index (χ1) is 8.63. The average molecular weight is 251 g/mol. The Morgan fingerprint density at radius 3 is 2.94 bits per heavy atom. The summed E-state index contributed by atoms with van der Waals surface area (Å²) in [5.74, 6) is -0.917. The number of carboxylic acids is 1. The molecule has 1 aliphatic heterocycles. The van der Waals surface area contributed by atoms with E-state index in [9.17, 15) is 9.90 Å². The summed E-state index contributed by atoms with van der Waals surface area (Å²) in [5, 5.41) is 18.3. The van der Waals surface area contributed by atoms with Crippen LogP contribution in [0, 0.1) is 6.92 Å². The maximum absolute atomic E-state index is 11.0. The summed E-state index contributed by atoms with van der Waals surface area (Å²) in [6, 6.07) is 5.17. The van der Waals surface area contributed by atoms with Gasteiger partial charge in [-0.1, -0.05) is 0 Å². The number of aromatic carboxylic acids is 1. The third-order valence-corrected chi connectivity index (χ3v) is 3.21. The van der Waals surface area contributed by atoms with Crippen LogP contribution in [-0.2, 0) is 4.74 Å². The smallest absolute Gasteiger partial charge is 0.335 e. The lowest BCUT2D eigenvalue weighted by Gasteiger charge is -2.36. The summed E-state index contributed by atoms with van der Waals surface area (Å²) in [6.45, 7) is 3.63. The summed E-state index contributed by atoms with van der Waals surface area (Å²) in [5.41, 5.74) is 1.97. The van der Waals surface area contributed by atoms with Gasteiger partial charge in [-0.3, -0.25) is 0 Å². The fourth-order valence-electron chi connectivity index (χ4n) is 2.21. The molecule has 0 bridgehead atoms. The molecule has 1 saturated heterocycles. The van der Waals surface area contributed by atoms with Crippen LogP contribution in [0.5, 0.6) is 0 Å². The Balaban J connectivity index is 2.27. The molecule has 1 heterocycles. The van der Waals surface area contributed by atoms with Crippen molar-refractivity contribution < 1.29 is 19.7 Å². The SMILES string of the molecule is Cc1cc(N2CCOCC2CO)ccc1C(=O)O. The van der Waals surface area contributed by atoms with E-state index in [-0.39, 0.29) is 12.6 Å². The van der Waals surface area contributed by atoms with Crippen molar-refractivity contribution in [3.8, 4) is 0 Å². The number of nitrogens with zero attached hydrogens (tertiary/aromatic N) is 1. The summed E-state index contributed by atoms with van der Waals surface area (Å²) in [6.07, 6.45) is 0. The van der Waals surface area contributed by atoms with E-state index in [1.807, 2.05) is 6.07 Å². The molecule has 18 heavy (non-hydrogen) atoms. The van der Waals surface area contributed by atoms with Gasteiger partial charge in [-0.2, -0.15) is 0 Å². The second-order valence-electron chi connectivity index (χ2n) is 4.41. The maximum atomic E-state index is 11.0. The molecule has 5 nitrogen and oxygen atoms in total. The molecular weight excluding hydrogens is 234 g/mol. The van der Waals surface area contributed by atoms with E-state index in [1.54, 1.807) is 19.1 Å². The lowest BCUT2D eigenvalue weighted by molar-refractivity contribution is 0.0694. The van der Waals surface area contributed by atoms with Gasteiger partial charge in [0.2, 0.25) is 0 Å². The van der Waals surface area contributed by atoms with Crippen LogP contribution in [0.15, 0.2) is 18.2 Å². The fraction of sp³-hybridized carbons (Fsp3) is 0.462. The first kappa shape index (κ1) is 12.9. The molecule has 1 atom stereocenters. The largest absolute Gasteiger partial charge is 0.478 e. The van der Waals surface area contributed by atoms with E-state index in [0.717, 1.165) is 11.3 Å². The van der Waals surface area contributed by atoms with Gasteiger partial charge in [0.15, 0.2) is 0 Å². The number of rotatable bonds is 3. The van der Waals surface area contributed by atoms with Gasteiger partial charge < -0.3 is 19.8 Å². The van der Waals surface area contributed by atoms with Gasteiger partial charge in [0.25, 0.3) is 0 Å². The van der Waals surface area contributed by atoms with Crippen LogP contribution in [0.4, 0.5) is 5.69 Å². The number of carbonyl (C=O) groups is 1. The number of aryl methyl sites for hydroxylation is 1. The van der Waals surface area contributed by atoms with Crippen LogP contribution in [-0.4, -0.2) is 48.6 Å². The zero-order valence-electron chi connectivity index (χ0n) is 10.3. The molecule has 2 N–H and O–H groups in total. The Morgan fingerprint density at radius 1 is 1.56 bits per heavy atom. The number of benzene rings is 1. The highest BCUT2D eigenvalue weighted by Crippen LogP contribution is 2.23. The molecule has 1 unspecified atom stereocenters. The molecule has 98 valence electrons. The molecule has 0 aromatic heterocycles. The summed E-state index contributed by atoms with van der Waals surface area (Å²) >= 11 is 0. The minimum absolute atomic E-state index is 0.0275. The number of aliphatic hydroxyl groups is 1. The van der Waals surface area contributed by atoms with Gasteiger partial charge in [0.1, 0.15) is 0 Å². The number of morpholine rings is 1. The van der Waals surface area contributed by atoms with Crippen molar-refractivity contribution >= 4 is 11.7 Å².